The summed E-state index contributed by atoms with van der Waals surface area (Å²) in [4.78, 5) is 50.3. The van der Waals surface area contributed by atoms with Gasteiger partial charge in [-0.3, -0.25) is 19.3 Å². The largest absolute Gasteiger partial charge is 0.325 e. The Labute approximate surface area is 170 Å². The van der Waals surface area contributed by atoms with E-state index < -0.39 is 29.9 Å². The maximum Gasteiger partial charge on any atom is 0.325 e. The summed E-state index contributed by atoms with van der Waals surface area (Å²) in [5, 5.41) is 5.25. The number of hydrogen-bond donors (Lipinski definition) is 2. The number of anilines is 1. The van der Waals surface area contributed by atoms with Crippen molar-refractivity contribution in [2.75, 3.05) is 11.9 Å². The number of nitrogens with zero attached hydrogens (tertiary/aromatic N) is 1. The molecule has 0 aliphatic carbocycles. The summed E-state index contributed by atoms with van der Waals surface area (Å²) < 4.78 is 0.769. The lowest BCUT2D eigenvalue weighted by atomic mass is 9.92. The van der Waals surface area contributed by atoms with Gasteiger partial charge >= 0.3 is 6.03 Å². The number of carbonyl (C=O) groups is 4. The highest BCUT2D eigenvalue weighted by molar-refractivity contribution is 9.10. The molecular formula is C20H18BrN3O4. The van der Waals surface area contributed by atoms with E-state index in [2.05, 4.69) is 26.6 Å². The maximum atomic E-state index is 12.9. The molecule has 1 saturated heterocycles. The minimum absolute atomic E-state index is 0.201. The zero-order valence-electron chi connectivity index (χ0n) is 15.3. The van der Waals surface area contributed by atoms with Crippen molar-refractivity contribution in [1.29, 1.82) is 0 Å². The Kier molecular flexibility index (Phi) is 5.33. The summed E-state index contributed by atoms with van der Waals surface area (Å²) in [7, 11) is 0. The number of carbonyl (C=O) groups excluding carboxylic acids is 4. The van der Waals surface area contributed by atoms with Crippen LogP contribution in [0.1, 0.15) is 29.8 Å². The molecule has 2 aromatic rings. The van der Waals surface area contributed by atoms with E-state index in [-0.39, 0.29) is 5.78 Å². The van der Waals surface area contributed by atoms with Crippen LogP contribution >= 0.6 is 15.9 Å². The second-order valence-corrected chi connectivity index (χ2v) is 7.52. The predicted molar refractivity (Wildman–Crippen MR) is 107 cm³/mol. The van der Waals surface area contributed by atoms with E-state index >= 15 is 0 Å². The fourth-order valence-electron chi connectivity index (χ4n) is 3.07. The van der Waals surface area contributed by atoms with Gasteiger partial charge in [0.15, 0.2) is 5.78 Å². The molecule has 2 N–H and O–H groups in total. The smallest absolute Gasteiger partial charge is 0.324 e. The Bertz CT molecular complexity index is 991. The predicted octanol–water partition coefficient (Wildman–Crippen LogP) is 3.06. The fraction of sp³-hybridized carbons (Fsp3) is 0.200. The number of benzene rings is 2. The summed E-state index contributed by atoms with van der Waals surface area (Å²) in [5.41, 5.74) is 0.0252. The van der Waals surface area contributed by atoms with E-state index in [0.29, 0.717) is 16.8 Å². The molecule has 0 bridgehead atoms. The average Bonchev–Trinajstić information content (AvgIpc) is 2.86. The van der Waals surface area contributed by atoms with E-state index in [4.69, 9.17) is 0 Å². The molecule has 1 aliphatic heterocycles. The molecule has 4 amide bonds. The van der Waals surface area contributed by atoms with Gasteiger partial charge < -0.3 is 10.6 Å². The molecule has 0 radical (unpaired) electrons. The van der Waals surface area contributed by atoms with E-state index in [1.54, 1.807) is 49.4 Å². The number of para-hydroxylation sites is 1. The highest BCUT2D eigenvalue weighted by Crippen LogP contribution is 2.30. The van der Waals surface area contributed by atoms with Crippen molar-refractivity contribution in [3.63, 3.8) is 0 Å². The minimum Gasteiger partial charge on any atom is -0.324 e. The van der Waals surface area contributed by atoms with Gasteiger partial charge in [-0.25, -0.2) is 4.79 Å². The third kappa shape index (κ3) is 3.68. The van der Waals surface area contributed by atoms with Crippen LogP contribution in [0.3, 0.4) is 0 Å². The lowest BCUT2D eigenvalue weighted by molar-refractivity contribution is -0.133. The normalized spacial score (nSPS) is 18.8. The van der Waals surface area contributed by atoms with Gasteiger partial charge in [0, 0.05) is 10.0 Å². The average molecular weight is 444 g/mol. The molecule has 2 aromatic carbocycles. The van der Waals surface area contributed by atoms with E-state index in [1.807, 2.05) is 6.07 Å². The first kappa shape index (κ1) is 19.8. The second-order valence-electron chi connectivity index (χ2n) is 6.61. The molecule has 7 nitrogen and oxygen atoms in total. The van der Waals surface area contributed by atoms with Crippen molar-refractivity contribution >= 4 is 45.2 Å². The standard InChI is InChI=1S/C20H18BrN3O4/c1-12(25)15-8-3-4-9-16(15)22-17(26)11-24-18(27)20(2,23-19(24)28)13-6-5-7-14(21)10-13/h3-10H,11H2,1-2H3,(H,22,26)(H,23,28)/t20-/m1/s1. The van der Waals surface area contributed by atoms with Crippen molar-refractivity contribution in [2.45, 2.75) is 19.4 Å². The van der Waals surface area contributed by atoms with Crippen LogP contribution < -0.4 is 10.6 Å². The molecule has 144 valence electrons. The quantitative estimate of drug-likeness (QED) is 0.548. The lowest BCUT2D eigenvalue weighted by Crippen LogP contribution is -2.42. The van der Waals surface area contributed by atoms with Crippen molar-refractivity contribution in [1.82, 2.24) is 10.2 Å². The summed E-state index contributed by atoms with van der Waals surface area (Å²) in [6, 6.07) is 12.9. The summed E-state index contributed by atoms with van der Waals surface area (Å²) >= 11 is 3.35. The first-order chi connectivity index (χ1) is 13.2. The number of halogens is 1. The summed E-state index contributed by atoms with van der Waals surface area (Å²) in [5.74, 6) is -1.30. The number of Topliss-reactive ketones (excluding diaryl/α,β-unsaturated/α-hetero) is 1. The molecule has 0 saturated carbocycles. The first-order valence-electron chi connectivity index (χ1n) is 8.52. The molecule has 3 rings (SSSR count). The van der Waals surface area contributed by atoms with Crippen LogP contribution in [0, 0.1) is 0 Å². The minimum atomic E-state index is -1.27. The van der Waals surface area contributed by atoms with Gasteiger partial charge in [-0.2, -0.15) is 0 Å². The number of nitrogens with one attached hydrogen (secondary N) is 2. The van der Waals surface area contributed by atoms with Gasteiger partial charge in [0.1, 0.15) is 12.1 Å². The zero-order valence-corrected chi connectivity index (χ0v) is 16.9. The zero-order chi connectivity index (χ0) is 20.5. The Morgan fingerprint density at radius 3 is 2.54 bits per heavy atom. The Balaban J connectivity index is 1.78. The highest BCUT2D eigenvalue weighted by atomic mass is 79.9. The molecule has 8 heteroatoms. The van der Waals surface area contributed by atoms with Crippen LogP contribution in [-0.2, 0) is 15.1 Å². The number of amides is 4. The third-order valence-electron chi connectivity index (χ3n) is 4.56. The topological polar surface area (TPSA) is 95.6 Å². The number of imide groups is 1. The molecule has 1 aliphatic rings. The molecule has 0 spiro atoms. The van der Waals surface area contributed by atoms with Gasteiger partial charge in [0.2, 0.25) is 5.91 Å². The molecule has 1 atom stereocenters. The van der Waals surface area contributed by atoms with Crippen LogP contribution in [0.5, 0.6) is 0 Å². The van der Waals surface area contributed by atoms with Crippen LogP contribution in [0.2, 0.25) is 0 Å². The molecular weight excluding hydrogens is 426 g/mol. The van der Waals surface area contributed by atoms with Crippen molar-refractivity contribution in [3.8, 4) is 0 Å². The van der Waals surface area contributed by atoms with Gasteiger partial charge in [-0.15, -0.1) is 0 Å². The van der Waals surface area contributed by atoms with Gasteiger partial charge in [0.25, 0.3) is 5.91 Å². The Morgan fingerprint density at radius 2 is 1.86 bits per heavy atom. The van der Waals surface area contributed by atoms with Crippen molar-refractivity contribution in [2.24, 2.45) is 0 Å². The van der Waals surface area contributed by atoms with Crippen molar-refractivity contribution in [3.05, 3.63) is 64.1 Å². The third-order valence-corrected chi connectivity index (χ3v) is 5.05. The van der Waals surface area contributed by atoms with E-state index in [0.717, 1.165) is 9.37 Å². The molecule has 1 fully saturated rings. The molecule has 1 heterocycles. The monoisotopic (exact) mass is 443 g/mol. The molecule has 0 unspecified atom stereocenters. The van der Waals surface area contributed by atoms with Crippen LogP contribution in [0.15, 0.2) is 53.0 Å². The highest BCUT2D eigenvalue weighted by Gasteiger charge is 2.49. The fourth-order valence-corrected chi connectivity index (χ4v) is 3.47. The van der Waals surface area contributed by atoms with Gasteiger partial charge in [-0.1, -0.05) is 40.2 Å². The lowest BCUT2D eigenvalue weighted by Gasteiger charge is -2.22. The van der Waals surface area contributed by atoms with Crippen LogP contribution in [0.25, 0.3) is 0 Å². The Morgan fingerprint density at radius 1 is 1.14 bits per heavy atom. The summed E-state index contributed by atoms with van der Waals surface area (Å²) in [6.45, 7) is 2.53. The van der Waals surface area contributed by atoms with E-state index in [9.17, 15) is 19.2 Å². The molecule has 0 aromatic heterocycles. The van der Waals surface area contributed by atoms with E-state index in [1.165, 1.54) is 6.92 Å². The maximum absolute atomic E-state index is 12.9. The SMILES string of the molecule is CC(=O)c1ccccc1NC(=O)CN1C(=O)N[C@](C)(c2cccc(Br)c2)C1=O. The van der Waals surface area contributed by atoms with Crippen molar-refractivity contribution < 1.29 is 19.2 Å². The van der Waals surface area contributed by atoms with Crippen LogP contribution in [0.4, 0.5) is 10.5 Å². The number of hydrogen-bond acceptors (Lipinski definition) is 4. The number of ketones is 1. The van der Waals surface area contributed by atoms with Gasteiger partial charge in [-0.05, 0) is 43.7 Å². The summed E-state index contributed by atoms with van der Waals surface area (Å²) in [6.07, 6.45) is 0. The Hall–Kier alpha value is -3.00. The second kappa shape index (κ2) is 7.55. The number of rotatable bonds is 5. The number of urea groups is 1. The van der Waals surface area contributed by atoms with Gasteiger partial charge in [0.05, 0.1) is 5.69 Å². The first-order valence-corrected chi connectivity index (χ1v) is 9.31. The molecule has 28 heavy (non-hydrogen) atoms. The van der Waals surface area contributed by atoms with Crippen LogP contribution in [-0.4, -0.2) is 35.1 Å².